The molecule has 0 heterocycles. The van der Waals surface area contributed by atoms with Crippen LogP contribution in [-0.2, 0) is 13.6 Å². The zero-order valence-corrected chi connectivity index (χ0v) is 7.55. The van der Waals surface area contributed by atoms with Crippen molar-refractivity contribution in [1.82, 2.24) is 0 Å². The molecule has 0 aromatic rings. The minimum Gasteiger partial charge on any atom is -0.314 e. The zero-order chi connectivity index (χ0) is 7.82. The molecular formula is C6H15O3P. The molecule has 1 atom stereocenters. The van der Waals surface area contributed by atoms with Crippen LogP contribution in [0.4, 0.5) is 0 Å². The van der Waals surface area contributed by atoms with Crippen LogP contribution in [0.2, 0.25) is 0 Å². The minimum absolute atomic E-state index is 0.555. The summed E-state index contributed by atoms with van der Waals surface area (Å²) in [7, 11) is -0.769. The maximum atomic E-state index is 10.5. The van der Waals surface area contributed by atoms with Gasteiger partial charge in [-0.2, -0.15) is 0 Å². The highest BCUT2D eigenvalue weighted by atomic mass is 31.1. The second-order valence-corrected chi connectivity index (χ2v) is 3.21. The quantitative estimate of drug-likeness (QED) is 0.448. The summed E-state index contributed by atoms with van der Waals surface area (Å²) in [6, 6.07) is 0. The molecule has 0 aromatic heterocycles. The van der Waals surface area contributed by atoms with E-state index in [2.05, 4.69) is 11.4 Å². The van der Waals surface area contributed by atoms with Gasteiger partial charge in [-0.15, -0.1) is 0 Å². The molecule has 1 unspecified atom stereocenters. The molecule has 3 nitrogen and oxygen atoms in total. The summed E-state index contributed by atoms with van der Waals surface area (Å²) in [5.74, 6) is 0. The lowest BCUT2D eigenvalue weighted by molar-refractivity contribution is 0.251. The minimum atomic E-state index is -2.16. The Kier molecular flexibility index (Phi) is 7.37. The van der Waals surface area contributed by atoms with Crippen molar-refractivity contribution in [1.29, 1.82) is 0 Å². The first-order valence-corrected chi connectivity index (χ1v) is 4.74. The van der Waals surface area contributed by atoms with Gasteiger partial charge >= 0.3 is 8.25 Å². The Bertz CT molecular complexity index is 95.0. The SMILES string of the molecule is CCCCCO[PH](=O)OC. The first kappa shape index (κ1) is 10.2. The van der Waals surface area contributed by atoms with Crippen LogP contribution >= 0.6 is 8.25 Å². The molecule has 0 aliphatic rings. The summed E-state index contributed by atoms with van der Waals surface area (Å²) in [5.41, 5.74) is 0. The molecule has 0 aromatic carbocycles. The monoisotopic (exact) mass is 166 g/mol. The van der Waals surface area contributed by atoms with Gasteiger partial charge in [-0.3, -0.25) is 4.57 Å². The fraction of sp³-hybridized carbons (Fsp3) is 1.00. The molecule has 0 fully saturated rings. The summed E-state index contributed by atoms with van der Waals surface area (Å²) < 4.78 is 19.8. The highest BCUT2D eigenvalue weighted by Crippen LogP contribution is 2.21. The van der Waals surface area contributed by atoms with Gasteiger partial charge in [0.15, 0.2) is 0 Å². The molecule has 0 aliphatic carbocycles. The van der Waals surface area contributed by atoms with E-state index in [0.717, 1.165) is 19.3 Å². The van der Waals surface area contributed by atoms with Gasteiger partial charge < -0.3 is 9.05 Å². The van der Waals surface area contributed by atoms with E-state index in [1.165, 1.54) is 7.11 Å². The lowest BCUT2D eigenvalue weighted by Crippen LogP contribution is -1.86. The predicted molar refractivity (Wildman–Crippen MR) is 41.5 cm³/mol. The van der Waals surface area contributed by atoms with Gasteiger partial charge in [0.1, 0.15) is 0 Å². The van der Waals surface area contributed by atoms with Crippen molar-refractivity contribution in [2.24, 2.45) is 0 Å². The summed E-state index contributed by atoms with van der Waals surface area (Å²) in [6.07, 6.45) is 3.24. The highest BCUT2D eigenvalue weighted by molar-refractivity contribution is 7.33. The average molecular weight is 166 g/mol. The summed E-state index contributed by atoms with van der Waals surface area (Å²) in [4.78, 5) is 0. The number of hydrogen-bond acceptors (Lipinski definition) is 3. The molecule has 0 amide bonds. The van der Waals surface area contributed by atoms with Crippen molar-refractivity contribution < 1.29 is 13.6 Å². The lowest BCUT2D eigenvalue weighted by atomic mass is 10.3. The van der Waals surface area contributed by atoms with Gasteiger partial charge in [-0.1, -0.05) is 19.8 Å². The van der Waals surface area contributed by atoms with E-state index >= 15 is 0 Å². The molecule has 62 valence electrons. The van der Waals surface area contributed by atoms with Crippen molar-refractivity contribution in [2.45, 2.75) is 26.2 Å². The third-order valence-corrected chi connectivity index (χ3v) is 1.91. The van der Waals surface area contributed by atoms with Crippen LogP contribution in [0.25, 0.3) is 0 Å². The van der Waals surface area contributed by atoms with Gasteiger partial charge in [0.2, 0.25) is 0 Å². The third kappa shape index (κ3) is 6.27. The van der Waals surface area contributed by atoms with Gasteiger partial charge in [0.25, 0.3) is 0 Å². The van der Waals surface area contributed by atoms with E-state index in [1.807, 2.05) is 0 Å². The normalized spacial score (nSPS) is 13.4. The second kappa shape index (κ2) is 7.26. The zero-order valence-electron chi connectivity index (χ0n) is 6.55. The fourth-order valence-corrected chi connectivity index (χ4v) is 0.995. The third-order valence-electron chi connectivity index (χ3n) is 1.13. The first-order valence-electron chi connectivity index (χ1n) is 3.52. The van der Waals surface area contributed by atoms with E-state index in [0.29, 0.717) is 6.61 Å². The van der Waals surface area contributed by atoms with Crippen LogP contribution < -0.4 is 0 Å². The van der Waals surface area contributed by atoms with Gasteiger partial charge in [-0.05, 0) is 6.42 Å². The van der Waals surface area contributed by atoms with Crippen molar-refractivity contribution in [3.63, 3.8) is 0 Å². The van der Waals surface area contributed by atoms with Crippen LogP contribution in [0, 0.1) is 0 Å². The number of unbranched alkanes of at least 4 members (excludes halogenated alkanes) is 2. The fourth-order valence-electron chi connectivity index (χ4n) is 0.566. The van der Waals surface area contributed by atoms with Crippen LogP contribution in [0.1, 0.15) is 26.2 Å². The molecule has 0 saturated heterocycles. The first-order chi connectivity index (χ1) is 4.81. The van der Waals surface area contributed by atoms with Gasteiger partial charge in [0.05, 0.1) is 6.61 Å². The van der Waals surface area contributed by atoms with Crippen molar-refractivity contribution >= 4 is 8.25 Å². The molecule has 0 radical (unpaired) electrons. The summed E-state index contributed by atoms with van der Waals surface area (Å²) in [6.45, 7) is 2.67. The smallest absolute Gasteiger partial charge is 0.314 e. The average Bonchev–Trinajstić information content (AvgIpc) is 1.98. The van der Waals surface area contributed by atoms with E-state index in [-0.39, 0.29) is 0 Å². The van der Waals surface area contributed by atoms with Gasteiger partial charge in [0, 0.05) is 7.11 Å². The molecule has 0 spiro atoms. The predicted octanol–water partition coefficient (Wildman–Crippen LogP) is 2.23. The number of rotatable bonds is 6. The molecule has 0 saturated carbocycles. The second-order valence-electron chi connectivity index (χ2n) is 2.01. The molecule has 0 N–H and O–H groups in total. The van der Waals surface area contributed by atoms with E-state index in [9.17, 15) is 4.57 Å². The molecule has 0 aliphatic heterocycles. The topological polar surface area (TPSA) is 35.5 Å². The van der Waals surface area contributed by atoms with Crippen LogP contribution in [0.3, 0.4) is 0 Å². The highest BCUT2D eigenvalue weighted by Gasteiger charge is 1.93. The molecule has 4 heteroatoms. The Morgan fingerprint density at radius 2 is 2.10 bits per heavy atom. The van der Waals surface area contributed by atoms with Crippen molar-refractivity contribution in [3.8, 4) is 0 Å². The molecule has 0 rings (SSSR count). The molecule has 10 heavy (non-hydrogen) atoms. The molecule has 0 bridgehead atoms. The van der Waals surface area contributed by atoms with Crippen LogP contribution in [0.5, 0.6) is 0 Å². The Morgan fingerprint density at radius 3 is 2.60 bits per heavy atom. The van der Waals surface area contributed by atoms with Crippen LogP contribution in [-0.4, -0.2) is 13.7 Å². The van der Waals surface area contributed by atoms with E-state index in [4.69, 9.17) is 4.52 Å². The van der Waals surface area contributed by atoms with Crippen LogP contribution in [0.15, 0.2) is 0 Å². The Morgan fingerprint density at radius 1 is 1.40 bits per heavy atom. The Labute approximate surface area is 62.7 Å². The van der Waals surface area contributed by atoms with Crippen molar-refractivity contribution in [2.75, 3.05) is 13.7 Å². The standard InChI is InChI=1S/C6H15O3P/c1-3-4-5-6-9-10(7)8-2/h10H,3-6H2,1-2H3. The largest absolute Gasteiger partial charge is 0.318 e. The Hall–Kier alpha value is 0.150. The Balaban J connectivity index is 2.96. The maximum Gasteiger partial charge on any atom is 0.318 e. The van der Waals surface area contributed by atoms with E-state index in [1.54, 1.807) is 0 Å². The number of hydrogen-bond donors (Lipinski definition) is 0. The lowest BCUT2D eigenvalue weighted by Gasteiger charge is -1.99. The van der Waals surface area contributed by atoms with Gasteiger partial charge in [-0.25, -0.2) is 0 Å². The summed E-state index contributed by atoms with van der Waals surface area (Å²) >= 11 is 0. The van der Waals surface area contributed by atoms with Crippen molar-refractivity contribution in [3.05, 3.63) is 0 Å². The van der Waals surface area contributed by atoms with E-state index < -0.39 is 8.25 Å². The molecular weight excluding hydrogens is 151 g/mol. The maximum absolute atomic E-state index is 10.5. The summed E-state index contributed by atoms with van der Waals surface area (Å²) in [5, 5.41) is 0.